The highest BCUT2D eigenvalue weighted by Gasteiger charge is 2.10. The van der Waals surface area contributed by atoms with Gasteiger partial charge in [-0.25, -0.2) is 4.98 Å². The minimum absolute atomic E-state index is 0.0284. The smallest absolute Gasteiger partial charge is 0.280 e. The maximum absolute atomic E-state index is 11.4. The average Bonchev–Trinajstić information content (AvgIpc) is 2.69. The van der Waals surface area contributed by atoms with Crippen molar-refractivity contribution in [2.45, 2.75) is 6.04 Å². The Morgan fingerprint density at radius 2 is 2.41 bits per heavy atom. The molecule has 2 rings (SSSR count). The van der Waals surface area contributed by atoms with E-state index >= 15 is 0 Å². The molecule has 0 saturated carbocycles. The van der Waals surface area contributed by atoms with Crippen LogP contribution in [0.25, 0.3) is 11.2 Å². The molecule has 0 fully saturated rings. The van der Waals surface area contributed by atoms with Crippen LogP contribution in [-0.4, -0.2) is 44.0 Å². The van der Waals surface area contributed by atoms with Crippen LogP contribution < -0.4 is 21.9 Å². The molecule has 17 heavy (non-hydrogen) atoms. The summed E-state index contributed by atoms with van der Waals surface area (Å²) < 4.78 is 1.19. The number of aliphatic hydroxyl groups is 1. The highest BCUT2D eigenvalue weighted by atomic mass is 16.7. The van der Waals surface area contributed by atoms with Gasteiger partial charge in [0, 0.05) is 0 Å². The fraction of sp³-hybridized carbons (Fsp3) is 0.375. The predicted octanol–water partition coefficient (Wildman–Crippen LogP) is -2.55. The monoisotopic (exact) mass is 240 g/mol. The van der Waals surface area contributed by atoms with Crippen molar-refractivity contribution >= 4 is 17.1 Å². The molecule has 1 unspecified atom stereocenters. The van der Waals surface area contributed by atoms with Crippen molar-refractivity contribution in [2.75, 3.05) is 18.9 Å². The van der Waals surface area contributed by atoms with Gasteiger partial charge in [-0.15, -0.1) is 0 Å². The lowest BCUT2D eigenvalue weighted by molar-refractivity contribution is 0.0891. The highest BCUT2D eigenvalue weighted by molar-refractivity contribution is 5.69. The minimum Gasteiger partial charge on any atom is -0.409 e. The van der Waals surface area contributed by atoms with Gasteiger partial charge in [-0.05, 0) is 0 Å². The lowest BCUT2D eigenvalue weighted by Gasteiger charge is -2.10. The molecule has 9 nitrogen and oxygen atoms in total. The summed E-state index contributed by atoms with van der Waals surface area (Å²) in [5.74, 6) is -0.0284. The summed E-state index contributed by atoms with van der Waals surface area (Å²) in [4.78, 5) is 26.7. The minimum atomic E-state index is -0.521. The number of aromatic nitrogens is 4. The second-order valence-electron chi connectivity index (χ2n) is 3.43. The Hall–Kier alpha value is -2.13. The molecular weight excluding hydrogens is 228 g/mol. The molecule has 0 spiro atoms. The highest BCUT2D eigenvalue weighted by Crippen LogP contribution is 2.04. The fourth-order valence-corrected chi connectivity index (χ4v) is 1.23. The number of nitrogens with zero attached hydrogens (tertiary/aromatic N) is 3. The number of aromatic amines is 1. The summed E-state index contributed by atoms with van der Waals surface area (Å²) in [5.41, 5.74) is 10.8. The zero-order valence-electron chi connectivity index (χ0n) is 8.83. The molecule has 0 amide bonds. The van der Waals surface area contributed by atoms with Gasteiger partial charge in [-0.3, -0.25) is 9.78 Å². The first-order chi connectivity index (χ1) is 8.11. The van der Waals surface area contributed by atoms with E-state index in [0.717, 1.165) is 0 Å². The van der Waals surface area contributed by atoms with E-state index in [2.05, 4.69) is 15.0 Å². The van der Waals surface area contributed by atoms with Crippen molar-refractivity contribution in [3.05, 3.63) is 16.7 Å². The Labute approximate surface area is 95.0 Å². The lowest BCUT2D eigenvalue weighted by Crippen LogP contribution is -2.34. The lowest BCUT2D eigenvalue weighted by atomic mass is 10.4. The van der Waals surface area contributed by atoms with Gasteiger partial charge in [-0.1, -0.05) is 0 Å². The number of nitrogens with one attached hydrogen (secondary N) is 1. The summed E-state index contributed by atoms with van der Waals surface area (Å²) in [6, 6.07) is -0.521. The van der Waals surface area contributed by atoms with Crippen molar-refractivity contribution < 1.29 is 9.94 Å². The Morgan fingerprint density at radius 1 is 1.65 bits per heavy atom. The van der Waals surface area contributed by atoms with Gasteiger partial charge in [0.15, 0.2) is 5.52 Å². The summed E-state index contributed by atoms with van der Waals surface area (Å²) >= 11 is 0. The van der Waals surface area contributed by atoms with Crippen LogP contribution in [0.1, 0.15) is 0 Å². The number of imidazole rings is 1. The molecule has 6 N–H and O–H groups in total. The SMILES string of the molecule is Nc1nc2c(ncn2OCC(N)CO)c(=O)[nH]1. The molecule has 0 bridgehead atoms. The molecule has 2 aromatic rings. The van der Waals surface area contributed by atoms with E-state index in [9.17, 15) is 4.79 Å². The zero-order valence-corrected chi connectivity index (χ0v) is 8.83. The van der Waals surface area contributed by atoms with Crippen LogP contribution >= 0.6 is 0 Å². The van der Waals surface area contributed by atoms with Gasteiger partial charge in [0.1, 0.15) is 12.9 Å². The second-order valence-corrected chi connectivity index (χ2v) is 3.43. The van der Waals surface area contributed by atoms with E-state index in [1.165, 1.54) is 11.1 Å². The van der Waals surface area contributed by atoms with Crippen molar-refractivity contribution in [1.29, 1.82) is 0 Å². The molecule has 0 radical (unpaired) electrons. The molecule has 1 atom stereocenters. The number of H-pyrrole nitrogens is 1. The third kappa shape index (κ3) is 2.19. The molecule has 0 aliphatic carbocycles. The molecule has 0 aromatic carbocycles. The van der Waals surface area contributed by atoms with Crippen LogP contribution in [0.2, 0.25) is 0 Å². The number of fused-ring (bicyclic) bond motifs is 1. The van der Waals surface area contributed by atoms with Crippen LogP contribution in [0.4, 0.5) is 5.95 Å². The van der Waals surface area contributed by atoms with Crippen molar-refractivity contribution in [1.82, 2.24) is 19.7 Å². The van der Waals surface area contributed by atoms with E-state index < -0.39 is 11.6 Å². The summed E-state index contributed by atoms with van der Waals surface area (Å²) in [6.07, 6.45) is 1.29. The maximum Gasteiger partial charge on any atom is 0.280 e. The molecule has 92 valence electrons. The van der Waals surface area contributed by atoms with E-state index in [1.807, 2.05) is 0 Å². The standard InChI is InChI=1S/C8H12N6O3/c9-4(1-15)2-17-14-3-11-5-6(14)12-8(10)13-7(5)16/h3-4,15H,1-2,9H2,(H3,10,12,13,16). The van der Waals surface area contributed by atoms with Crippen molar-refractivity contribution in [3.63, 3.8) is 0 Å². The number of hydrogen-bond acceptors (Lipinski definition) is 7. The second kappa shape index (κ2) is 4.39. The molecule has 2 aromatic heterocycles. The van der Waals surface area contributed by atoms with E-state index in [-0.39, 0.29) is 30.3 Å². The third-order valence-electron chi connectivity index (χ3n) is 2.06. The van der Waals surface area contributed by atoms with E-state index in [4.69, 9.17) is 21.4 Å². The molecule has 0 saturated heterocycles. The van der Waals surface area contributed by atoms with Crippen LogP contribution in [-0.2, 0) is 0 Å². The van der Waals surface area contributed by atoms with Gasteiger partial charge in [0.2, 0.25) is 11.6 Å². The summed E-state index contributed by atoms with van der Waals surface area (Å²) in [5, 5.41) is 8.74. The van der Waals surface area contributed by atoms with Gasteiger partial charge in [0.05, 0.1) is 12.6 Å². The zero-order chi connectivity index (χ0) is 12.4. The van der Waals surface area contributed by atoms with E-state index in [0.29, 0.717) is 0 Å². The average molecular weight is 240 g/mol. The van der Waals surface area contributed by atoms with Crippen LogP contribution in [0.5, 0.6) is 0 Å². The van der Waals surface area contributed by atoms with Gasteiger partial charge >= 0.3 is 0 Å². The molecular formula is C8H12N6O3. The number of hydrogen-bond donors (Lipinski definition) is 4. The number of rotatable bonds is 4. The van der Waals surface area contributed by atoms with Crippen LogP contribution in [0.3, 0.4) is 0 Å². The molecule has 0 aliphatic heterocycles. The number of aliphatic hydroxyl groups excluding tert-OH is 1. The Bertz CT molecular complexity index is 576. The molecule has 2 heterocycles. The number of nitrogens with two attached hydrogens (primary N) is 2. The number of anilines is 1. The van der Waals surface area contributed by atoms with Crippen LogP contribution in [0, 0.1) is 0 Å². The van der Waals surface area contributed by atoms with E-state index in [1.54, 1.807) is 0 Å². The first-order valence-electron chi connectivity index (χ1n) is 4.84. The first-order valence-corrected chi connectivity index (χ1v) is 4.84. The van der Waals surface area contributed by atoms with Crippen molar-refractivity contribution in [2.24, 2.45) is 5.73 Å². The quantitative estimate of drug-likeness (QED) is 0.460. The van der Waals surface area contributed by atoms with Crippen LogP contribution in [0.15, 0.2) is 11.1 Å². The Kier molecular flexibility index (Phi) is 2.93. The largest absolute Gasteiger partial charge is 0.409 e. The first kappa shape index (κ1) is 11.4. The van der Waals surface area contributed by atoms with Gasteiger partial charge in [0.25, 0.3) is 5.56 Å². The maximum atomic E-state index is 11.4. The summed E-state index contributed by atoms with van der Waals surface area (Å²) in [7, 11) is 0. The van der Waals surface area contributed by atoms with Gasteiger partial charge in [-0.2, -0.15) is 9.71 Å². The fourth-order valence-electron chi connectivity index (χ4n) is 1.23. The van der Waals surface area contributed by atoms with Gasteiger partial charge < -0.3 is 21.4 Å². The Morgan fingerprint density at radius 3 is 3.12 bits per heavy atom. The molecule has 0 aliphatic rings. The third-order valence-corrected chi connectivity index (χ3v) is 2.06. The number of nitrogen functional groups attached to an aromatic ring is 1. The Balaban J connectivity index is 2.33. The normalized spacial score (nSPS) is 12.8. The molecule has 9 heteroatoms. The predicted molar refractivity (Wildman–Crippen MR) is 59.1 cm³/mol. The van der Waals surface area contributed by atoms with Crippen molar-refractivity contribution in [3.8, 4) is 0 Å². The summed E-state index contributed by atoms with van der Waals surface area (Å²) in [6.45, 7) is -0.140. The topological polar surface area (TPSA) is 145 Å².